The average Bonchev–Trinajstić information content (AvgIpc) is 3.36. The van der Waals surface area contributed by atoms with Crippen LogP contribution in [0.15, 0.2) is 72.9 Å². The van der Waals surface area contributed by atoms with Gasteiger partial charge in [0.2, 0.25) is 5.91 Å². The lowest BCUT2D eigenvalue weighted by molar-refractivity contribution is -0.127. The predicted molar refractivity (Wildman–Crippen MR) is 174 cm³/mol. The number of allylic oxidation sites excluding steroid dienone is 1. The molecule has 1 unspecified atom stereocenters. The molecule has 2 aliphatic rings. The Morgan fingerprint density at radius 1 is 1.09 bits per heavy atom. The first-order valence-corrected chi connectivity index (χ1v) is 15.5. The third-order valence-corrected chi connectivity index (χ3v) is 8.73. The number of hydrogen-bond acceptors (Lipinski definition) is 6. The van der Waals surface area contributed by atoms with Crippen molar-refractivity contribution in [3.05, 3.63) is 83.4 Å². The van der Waals surface area contributed by atoms with Crippen LogP contribution in [0.25, 0.3) is 10.2 Å². The lowest BCUT2D eigenvalue weighted by Gasteiger charge is -2.33. The number of aryl methyl sites for hydroxylation is 1. The first-order chi connectivity index (χ1) is 21.1. The summed E-state index contributed by atoms with van der Waals surface area (Å²) in [5, 5.41) is 6.80. The number of carbonyl (C=O) groups is 3. The van der Waals surface area contributed by atoms with E-state index in [9.17, 15) is 14.4 Å². The molecular weight excluding hydrogens is 574 g/mol. The number of nitrogens with zero attached hydrogens (tertiary/aromatic N) is 3. The van der Waals surface area contributed by atoms with Crippen LogP contribution in [-0.2, 0) is 4.79 Å². The van der Waals surface area contributed by atoms with Gasteiger partial charge in [-0.1, -0.05) is 45.0 Å². The highest BCUT2D eigenvalue weighted by Crippen LogP contribution is 2.46. The van der Waals surface area contributed by atoms with Gasteiger partial charge in [0.15, 0.2) is 0 Å². The standard InChI is InChI=1S/C34H35N5O4S/c1-21-19-24(43-23-10-6-5-7-11-23)12-13-25(21)39-26-15-17-35-32-28(26)29(37-33(39)42)30(44-32)31(41)36-22-9-8-18-38(20-22)27(40)14-16-34(2,3)4/h5-7,10-17,19,22H,8-9,18,20H2,1-4H3,(H,36,41)(H,37,42). The second kappa shape index (κ2) is 11.8. The van der Waals surface area contributed by atoms with Crippen molar-refractivity contribution in [2.75, 3.05) is 23.3 Å². The van der Waals surface area contributed by atoms with E-state index < -0.39 is 0 Å². The van der Waals surface area contributed by atoms with Gasteiger partial charge >= 0.3 is 6.03 Å². The highest BCUT2D eigenvalue weighted by Gasteiger charge is 2.34. The van der Waals surface area contributed by atoms with Gasteiger partial charge in [-0.05, 0) is 73.2 Å². The summed E-state index contributed by atoms with van der Waals surface area (Å²) in [6.07, 6.45) is 6.75. The second-order valence-corrected chi connectivity index (χ2v) is 13.2. The number of pyridine rings is 1. The second-order valence-electron chi connectivity index (χ2n) is 12.2. The number of aromatic nitrogens is 1. The molecule has 6 rings (SSSR count). The Labute approximate surface area is 260 Å². The lowest BCUT2D eigenvalue weighted by Crippen LogP contribution is -2.49. The molecule has 1 atom stereocenters. The number of benzene rings is 2. The number of nitrogens with one attached hydrogen (secondary N) is 2. The van der Waals surface area contributed by atoms with Gasteiger partial charge in [-0.2, -0.15) is 0 Å². The fourth-order valence-electron chi connectivity index (χ4n) is 5.52. The summed E-state index contributed by atoms with van der Waals surface area (Å²) in [5.41, 5.74) is 2.58. The average molecular weight is 610 g/mol. The smallest absolute Gasteiger partial charge is 0.331 e. The highest BCUT2D eigenvalue weighted by molar-refractivity contribution is 7.21. The van der Waals surface area contributed by atoms with E-state index in [1.54, 1.807) is 28.1 Å². The Kier molecular flexibility index (Phi) is 7.85. The molecule has 4 heterocycles. The molecule has 226 valence electrons. The monoisotopic (exact) mass is 609 g/mol. The normalized spacial score (nSPS) is 16.7. The van der Waals surface area contributed by atoms with Crippen molar-refractivity contribution in [3.63, 3.8) is 0 Å². The van der Waals surface area contributed by atoms with Crippen molar-refractivity contribution in [1.82, 2.24) is 15.2 Å². The summed E-state index contributed by atoms with van der Waals surface area (Å²) in [6, 6.07) is 16.3. The van der Waals surface area contributed by atoms with Gasteiger partial charge in [0.1, 0.15) is 21.2 Å². The number of amides is 4. The number of para-hydroxylation sites is 1. The maximum Gasteiger partial charge on any atom is 0.331 e. The van der Waals surface area contributed by atoms with Gasteiger partial charge in [0, 0.05) is 25.3 Å². The van der Waals surface area contributed by atoms with Gasteiger partial charge in [0.25, 0.3) is 5.91 Å². The van der Waals surface area contributed by atoms with Gasteiger partial charge in [-0.3, -0.25) is 14.5 Å². The molecule has 0 radical (unpaired) electrons. The van der Waals surface area contributed by atoms with Crippen LogP contribution in [0.3, 0.4) is 0 Å². The number of rotatable bonds is 6. The molecule has 1 saturated heterocycles. The quantitative estimate of drug-likeness (QED) is 0.222. The first-order valence-electron chi connectivity index (χ1n) is 14.7. The van der Waals surface area contributed by atoms with E-state index in [0.29, 0.717) is 45.6 Å². The summed E-state index contributed by atoms with van der Waals surface area (Å²) < 4.78 is 5.98. The van der Waals surface area contributed by atoms with Crippen LogP contribution in [0.4, 0.5) is 21.9 Å². The molecule has 0 bridgehead atoms. The van der Waals surface area contributed by atoms with Crippen molar-refractivity contribution in [2.45, 2.75) is 46.6 Å². The summed E-state index contributed by atoms with van der Waals surface area (Å²) in [5.74, 6) is 1.06. The van der Waals surface area contributed by atoms with E-state index >= 15 is 0 Å². The van der Waals surface area contributed by atoms with E-state index in [-0.39, 0.29) is 29.3 Å². The number of thiophene rings is 1. The summed E-state index contributed by atoms with van der Waals surface area (Å²) in [7, 11) is 0. The molecule has 2 aromatic carbocycles. The largest absolute Gasteiger partial charge is 0.457 e. The van der Waals surface area contributed by atoms with E-state index in [1.807, 2.05) is 82.3 Å². The number of piperidine rings is 1. The Morgan fingerprint density at radius 2 is 1.89 bits per heavy atom. The van der Waals surface area contributed by atoms with E-state index in [4.69, 9.17) is 4.74 Å². The van der Waals surface area contributed by atoms with Crippen molar-refractivity contribution >= 4 is 56.5 Å². The number of carbonyl (C=O) groups excluding carboxylic acids is 3. The Balaban J connectivity index is 1.24. The molecule has 9 nitrogen and oxygen atoms in total. The summed E-state index contributed by atoms with van der Waals surface area (Å²) in [4.78, 5) is 49.0. The Morgan fingerprint density at radius 3 is 2.64 bits per heavy atom. The third kappa shape index (κ3) is 6.03. The van der Waals surface area contributed by atoms with Gasteiger partial charge in [-0.25, -0.2) is 9.78 Å². The zero-order valence-electron chi connectivity index (χ0n) is 25.2. The van der Waals surface area contributed by atoms with Crippen molar-refractivity contribution < 1.29 is 19.1 Å². The van der Waals surface area contributed by atoms with Crippen molar-refractivity contribution in [3.8, 4) is 11.5 Å². The maximum atomic E-state index is 13.6. The van der Waals surface area contributed by atoms with Crippen molar-refractivity contribution in [2.24, 2.45) is 5.41 Å². The van der Waals surface area contributed by atoms with Gasteiger partial charge in [-0.15, -0.1) is 11.3 Å². The minimum atomic E-state index is -0.364. The highest BCUT2D eigenvalue weighted by atomic mass is 32.1. The predicted octanol–water partition coefficient (Wildman–Crippen LogP) is 7.40. The third-order valence-electron chi connectivity index (χ3n) is 7.63. The summed E-state index contributed by atoms with van der Waals surface area (Å²) >= 11 is 1.25. The number of likely N-dealkylation sites (tertiary alicyclic amines) is 1. The molecule has 2 aliphatic heterocycles. The molecule has 0 saturated carbocycles. The topological polar surface area (TPSA) is 104 Å². The molecule has 4 aromatic rings. The van der Waals surface area contributed by atoms with E-state index in [2.05, 4.69) is 15.6 Å². The van der Waals surface area contributed by atoms with Gasteiger partial charge in [0.05, 0.1) is 22.4 Å². The molecule has 0 aliphatic carbocycles. The SMILES string of the molecule is Cc1cc(Oc2ccccc2)ccc1N1C(=O)Nc2c(C(=O)NC3CCCN(C(=O)C=CC(C)(C)C)C3)sc3nccc1c23. The fourth-order valence-corrected chi connectivity index (χ4v) is 6.55. The van der Waals surface area contributed by atoms with Crippen LogP contribution in [0.2, 0.25) is 0 Å². The van der Waals surface area contributed by atoms with E-state index in [0.717, 1.165) is 29.5 Å². The van der Waals surface area contributed by atoms with Crippen LogP contribution in [0, 0.1) is 12.3 Å². The molecule has 1 fully saturated rings. The minimum Gasteiger partial charge on any atom is -0.457 e. The molecule has 0 spiro atoms. The van der Waals surface area contributed by atoms with Crippen LogP contribution in [0.1, 0.15) is 48.8 Å². The molecule has 2 N–H and O–H groups in total. The number of urea groups is 1. The molecular formula is C34H35N5O4S. The lowest BCUT2D eigenvalue weighted by atomic mass is 9.96. The molecule has 2 aromatic heterocycles. The summed E-state index contributed by atoms with van der Waals surface area (Å²) in [6.45, 7) is 9.16. The maximum absolute atomic E-state index is 13.6. The van der Waals surface area contributed by atoms with Crippen molar-refractivity contribution in [1.29, 1.82) is 0 Å². The Bertz CT molecular complexity index is 1780. The number of anilines is 3. The van der Waals surface area contributed by atoms with Gasteiger partial charge < -0.3 is 20.3 Å². The Hall–Kier alpha value is -4.70. The zero-order chi connectivity index (χ0) is 31.0. The van der Waals surface area contributed by atoms with Crippen LogP contribution < -0.4 is 20.3 Å². The molecule has 4 amide bonds. The molecule has 44 heavy (non-hydrogen) atoms. The van der Waals surface area contributed by atoms with E-state index in [1.165, 1.54) is 11.3 Å². The molecule has 10 heteroatoms. The van der Waals surface area contributed by atoms with Crippen LogP contribution >= 0.6 is 11.3 Å². The van der Waals surface area contributed by atoms with Crippen LogP contribution in [0.5, 0.6) is 11.5 Å². The fraction of sp³-hybridized carbons (Fsp3) is 0.294. The number of hydrogen-bond donors (Lipinski definition) is 2. The van der Waals surface area contributed by atoms with Crippen LogP contribution in [-0.4, -0.2) is 46.9 Å². The number of ether oxygens (including phenoxy) is 1. The first kappa shape index (κ1) is 29.4. The minimum absolute atomic E-state index is 0.0491. The zero-order valence-corrected chi connectivity index (χ0v) is 26.0.